The molecule has 2 N–H and O–H groups in total. The van der Waals surface area contributed by atoms with Crippen LogP contribution in [0.25, 0.3) is 0 Å². The van der Waals surface area contributed by atoms with Crippen LogP contribution in [0.15, 0.2) is 48.5 Å². The van der Waals surface area contributed by atoms with Crippen molar-refractivity contribution in [3.05, 3.63) is 65.2 Å². The summed E-state index contributed by atoms with van der Waals surface area (Å²) in [6.07, 6.45) is 0.196. The van der Waals surface area contributed by atoms with Gasteiger partial charge in [-0.05, 0) is 44.0 Å². The lowest BCUT2D eigenvalue weighted by molar-refractivity contribution is -0.142. The predicted octanol–water partition coefficient (Wildman–Crippen LogP) is 3.34. The molecule has 0 aromatic heterocycles. The quantitative estimate of drug-likeness (QED) is 0.787. The van der Waals surface area contributed by atoms with E-state index in [4.69, 9.17) is 0 Å². The lowest BCUT2D eigenvalue weighted by Gasteiger charge is -2.20. The van der Waals surface area contributed by atoms with E-state index in [1.807, 2.05) is 31.2 Å². The number of rotatable bonds is 6. The Balaban J connectivity index is 1.60. The molecule has 2 amide bonds. The van der Waals surface area contributed by atoms with Crippen molar-refractivity contribution in [2.24, 2.45) is 5.92 Å². The second-order valence-electron chi connectivity index (χ2n) is 8.16. The van der Waals surface area contributed by atoms with E-state index < -0.39 is 17.3 Å². The molecule has 1 aliphatic heterocycles. The Kier molecular flexibility index (Phi) is 5.73. The highest BCUT2D eigenvalue weighted by molar-refractivity contribution is 5.97. The van der Waals surface area contributed by atoms with Gasteiger partial charge in [-0.3, -0.25) is 14.4 Å². The lowest BCUT2D eigenvalue weighted by Crippen LogP contribution is -2.29. The summed E-state index contributed by atoms with van der Waals surface area (Å²) in [5.41, 5.74) is 2.45. The number of anilines is 1. The van der Waals surface area contributed by atoms with E-state index in [-0.39, 0.29) is 18.2 Å². The Labute approximate surface area is 170 Å². The van der Waals surface area contributed by atoms with E-state index >= 15 is 0 Å². The molecule has 1 aliphatic rings. The van der Waals surface area contributed by atoms with Crippen molar-refractivity contribution in [1.29, 1.82) is 0 Å². The van der Waals surface area contributed by atoms with E-state index in [0.29, 0.717) is 24.3 Å². The number of likely N-dealkylation sites (tertiary alicyclic amines) is 1. The number of carbonyl (C=O) groups excluding carboxylic acids is 2. The van der Waals surface area contributed by atoms with Gasteiger partial charge >= 0.3 is 5.97 Å². The van der Waals surface area contributed by atoms with Gasteiger partial charge in [0.05, 0.1) is 11.3 Å². The summed E-state index contributed by atoms with van der Waals surface area (Å²) < 4.78 is 0. The number of hydrogen-bond acceptors (Lipinski definition) is 3. The zero-order valence-electron chi connectivity index (χ0n) is 16.9. The molecule has 0 bridgehead atoms. The highest BCUT2D eigenvalue weighted by atomic mass is 16.4. The van der Waals surface area contributed by atoms with Gasteiger partial charge in [-0.25, -0.2) is 0 Å². The van der Waals surface area contributed by atoms with Gasteiger partial charge in [0.2, 0.25) is 11.8 Å². The molecule has 0 aliphatic carbocycles. The number of nitrogens with zero attached hydrogens (tertiary/aromatic N) is 1. The van der Waals surface area contributed by atoms with Crippen LogP contribution in [0, 0.1) is 12.8 Å². The number of carbonyl (C=O) groups is 3. The monoisotopic (exact) mass is 394 g/mol. The van der Waals surface area contributed by atoms with Gasteiger partial charge in [-0.15, -0.1) is 0 Å². The van der Waals surface area contributed by atoms with E-state index in [9.17, 15) is 19.5 Å². The Hall–Kier alpha value is -3.15. The van der Waals surface area contributed by atoms with Crippen LogP contribution in [0.3, 0.4) is 0 Å². The van der Waals surface area contributed by atoms with Crippen molar-refractivity contribution in [2.75, 3.05) is 11.9 Å². The van der Waals surface area contributed by atoms with Gasteiger partial charge in [-0.1, -0.05) is 42.0 Å². The number of amides is 2. The van der Waals surface area contributed by atoms with E-state index in [1.165, 1.54) is 0 Å². The third-order valence-corrected chi connectivity index (χ3v) is 5.49. The second-order valence-corrected chi connectivity index (χ2v) is 8.16. The van der Waals surface area contributed by atoms with Crippen molar-refractivity contribution in [3.8, 4) is 0 Å². The molecule has 0 saturated carbocycles. The predicted molar refractivity (Wildman–Crippen MR) is 110 cm³/mol. The van der Waals surface area contributed by atoms with Crippen molar-refractivity contribution in [2.45, 2.75) is 39.2 Å². The largest absolute Gasteiger partial charge is 0.481 e. The Morgan fingerprint density at radius 1 is 1.10 bits per heavy atom. The summed E-state index contributed by atoms with van der Waals surface area (Å²) in [5.74, 6) is -1.53. The molecule has 0 spiro atoms. The first-order valence-corrected chi connectivity index (χ1v) is 9.65. The molecule has 1 heterocycles. The minimum absolute atomic E-state index is 0.0238. The minimum Gasteiger partial charge on any atom is -0.481 e. The fourth-order valence-electron chi connectivity index (χ4n) is 3.35. The third-order valence-electron chi connectivity index (χ3n) is 5.49. The van der Waals surface area contributed by atoms with Crippen molar-refractivity contribution < 1.29 is 19.5 Å². The molecule has 1 atom stereocenters. The zero-order valence-corrected chi connectivity index (χ0v) is 16.9. The van der Waals surface area contributed by atoms with Crippen LogP contribution in [0.4, 0.5) is 5.69 Å². The SMILES string of the molecule is Cc1ccc(CN2CC(C(=O)Nc3ccc(C(C)(C)C(=O)O)cc3)CC2=O)cc1. The molecule has 3 rings (SSSR count). The molecule has 0 radical (unpaired) electrons. The van der Waals surface area contributed by atoms with Gasteiger partial charge in [0.15, 0.2) is 0 Å². The van der Waals surface area contributed by atoms with Crippen LogP contribution in [0.2, 0.25) is 0 Å². The van der Waals surface area contributed by atoms with Gasteiger partial charge in [0.1, 0.15) is 0 Å². The van der Waals surface area contributed by atoms with Crippen LogP contribution in [0.1, 0.15) is 37.0 Å². The standard InChI is InChI=1S/C23H26N2O4/c1-15-4-6-16(7-5-15)13-25-14-17(12-20(25)26)21(27)24-19-10-8-18(9-11-19)23(2,3)22(28)29/h4-11,17H,12-14H2,1-3H3,(H,24,27)(H,28,29). The normalized spacial score (nSPS) is 16.7. The summed E-state index contributed by atoms with van der Waals surface area (Å²) in [4.78, 5) is 38.0. The first kappa shape index (κ1) is 20.6. The van der Waals surface area contributed by atoms with Crippen LogP contribution in [-0.2, 0) is 26.3 Å². The molecule has 29 heavy (non-hydrogen) atoms. The average molecular weight is 394 g/mol. The Morgan fingerprint density at radius 3 is 2.31 bits per heavy atom. The minimum atomic E-state index is -1.00. The number of nitrogens with one attached hydrogen (secondary N) is 1. The first-order valence-electron chi connectivity index (χ1n) is 9.65. The third kappa shape index (κ3) is 4.65. The van der Waals surface area contributed by atoms with Crippen molar-refractivity contribution >= 4 is 23.5 Å². The maximum absolute atomic E-state index is 12.6. The summed E-state index contributed by atoms with van der Waals surface area (Å²) in [7, 11) is 0. The molecule has 2 aromatic rings. The second kappa shape index (κ2) is 8.07. The molecule has 1 fully saturated rings. The van der Waals surface area contributed by atoms with E-state index in [1.54, 1.807) is 43.0 Å². The number of aryl methyl sites for hydroxylation is 1. The number of aliphatic carboxylic acids is 1. The summed E-state index contributed by atoms with van der Waals surface area (Å²) >= 11 is 0. The van der Waals surface area contributed by atoms with Gasteiger partial charge < -0.3 is 15.3 Å². The highest BCUT2D eigenvalue weighted by Crippen LogP contribution is 2.26. The fraction of sp³-hybridized carbons (Fsp3) is 0.348. The summed E-state index contributed by atoms with van der Waals surface area (Å²) in [6.45, 7) is 6.18. The Bertz CT molecular complexity index is 917. The molecule has 6 nitrogen and oxygen atoms in total. The zero-order chi connectivity index (χ0) is 21.2. The molecular weight excluding hydrogens is 368 g/mol. The van der Waals surface area contributed by atoms with Gasteiger partial charge in [0, 0.05) is 25.2 Å². The summed E-state index contributed by atoms with van der Waals surface area (Å²) in [5, 5.41) is 12.2. The topological polar surface area (TPSA) is 86.7 Å². The van der Waals surface area contributed by atoms with Crippen molar-refractivity contribution in [1.82, 2.24) is 4.90 Å². The van der Waals surface area contributed by atoms with E-state index in [2.05, 4.69) is 5.32 Å². The maximum atomic E-state index is 12.6. The fourth-order valence-corrected chi connectivity index (χ4v) is 3.35. The highest BCUT2D eigenvalue weighted by Gasteiger charge is 2.34. The van der Waals surface area contributed by atoms with Crippen LogP contribution >= 0.6 is 0 Å². The average Bonchev–Trinajstić information content (AvgIpc) is 3.04. The number of hydrogen-bond donors (Lipinski definition) is 2. The molecule has 2 aromatic carbocycles. The smallest absolute Gasteiger partial charge is 0.313 e. The van der Waals surface area contributed by atoms with E-state index in [0.717, 1.165) is 11.1 Å². The summed E-state index contributed by atoms with van der Waals surface area (Å²) in [6, 6.07) is 14.8. The van der Waals surface area contributed by atoms with Crippen LogP contribution in [0.5, 0.6) is 0 Å². The first-order chi connectivity index (χ1) is 13.7. The van der Waals surface area contributed by atoms with Crippen LogP contribution in [-0.4, -0.2) is 34.3 Å². The van der Waals surface area contributed by atoms with Crippen LogP contribution < -0.4 is 5.32 Å². The Morgan fingerprint density at radius 2 is 1.72 bits per heavy atom. The maximum Gasteiger partial charge on any atom is 0.313 e. The molecule has 1 saturated heterocycles. The number of carboxylic acids is 1. The molecular formula is C23H26N2O4. The van der Waals surface area contributed by atoms with Gasteiger partial charge in [-0.2, -0.15) is 0 Å². The lowest BCUT2D eigenvalue weighted by atomic mass is 9.85. The number of benzene rings is 2. The molecule has 1 unspecified atom stereocenters. The number of carboxylic acid groups (broad SMARTS) is 1. The molecule has 6 heteroatoms. The molecule has 152 valence electrons. The van der Waals surface area contributed by atoms with Crippen molar-refractivity contribution in [3.63, 3.8) is 0 Å². The van der Waals surface area contributed by atoms with Gasteiger partial charge in [0.25, 0.3) is 0 Å².